The Balaban J connectivity index is 1.59. The van der Waals surface area contributed by atoms with Crippen LogP contribution in [0, 0.1) is 23.7 Å². The summed E-state index contributed by atoms with van der Waals surface area (Å²) in [5.74, 6) is -3.68. The van der Waals surface area contributed by atoms with E-state index in [2.05, 4.69) is 0 Å². The van der Waals surface area contributed by atoms with Crippen LogP contribution in [0.2, 0.25) is 0 Å². The number of carbonyl (C=O) groups excluding carboxylic acids is 2. The van der Waals surface area contributed by atoms with Crippen molar-refractivity contribution in [1.82, 2.24) is 4.90 Å². The molecule has 18 heteroatoms. The molecule has 63 heavy (non-hydrogen) atoms. The molecule has 0 aromatic carbocycles. The van der Waals surface area contributed by atoms with E-state index in [9.17, 15) is 40.2 Å². The van der Waals surface area contributed by atoms with Crippen molar-refractivity contribution in [2.24, 2.45) is 23.7 Å². The first-order valence-electron chi connectivity index (χ1n) is 22.3. The van der Waals surface area contributed by atoms with Crippen molar-refractivity contribution in [3.63, 3.8) is 0 Å². The van der Waals surface area contributed by atoms with Gasteiger partial charge >= 0.3 is 5.97 Å². The third kappa shape index (κ3) is 13.4. The van der Waals surface area contributed by atoms with Gasteiger partial charge in [0.05, 0.1) is 55.2 Å². The summed E-state index contributed by atoms with van der Waals surface area (Å²) >= 11 is 0. The van der Waals surface area contributed by atoms with Gasteiger partial charge in [-0.3, -0.25) is 9.59 Å². The molecule has 4 rings (SSSR count). The molecule has 4 aliphatic heterocycles. The van der Waals surface area contributed by atoms with Gasteiger partial charge in [-0.2, -0.15) is 0 Å². The molecule has 6 N–H and O–H groups in total. The number of cyclic esters (lactones) is 1. The number of esters is 1. The van der Waals surface area contributed by atoms with Gasteiger partial charge in [0, 0.05) is 50.9 Å². The maximum Gasteiger partial charge on any atom is 0.308 e. The Labute approximate surface area is 372 Å². The number of methoxy groups -OCH3 is 2. The quantitative estimate of drug-likeness (QED) is 0.151. The molecule has 0 bridgehead atoms. The van der Waals surface area contributed by atoms with Crippen LogP contribution in [0.5, 0.6) is 0 Å². The minimum absolute atomic E-state index is 0.00311. The average Bonchev–Trinajstić information content (AvgIpc) is 3.22. The summed E-state index contributed by atoms with van der Waals surface area (Å²) in [7, 11) is 6.44. The second-order valence-corrected chi connectivity index (χ2v) is 18.5. The Kier molecular flexibility index (Phi) is 20.1. The fourth-order valence-corrected chi connectivity index (χ4v) is 9.33. The standard InChI is InChI=1S/C45H77NO17/c1-13-32-29(21-57-44-41(56-12)40(55-11)36(51)25(5)59-44)16-22(2)14-15-30(48)23(3)17-28(20-47)38(24(4)31(49)18-33(50)61-32)63-43-37(52)35(46(9)10)39(26(6)60-43)62-34-19-45(8,54)42(53)27(7)58-34/h14-16,23-29,31-32,34-44,47,49,51-54H,13,17-21H2,1-12H3/b15-14+,22-16+/t23-,24?,25-,26-,27+,28?,29-,31+,32-,34+,35-,36-,37-,38-,39-,40-,41-,42+,43+,44-,45-/m1/s1. The molecule has 364 valence electrons. The molecule has 0 aromatic heterocycles. The van der Waals surface area contributed by atoms with Gasteiger partial charge in [-0.1, -0.05) is 38.5 Å². The largest absolute Gasteiger partial charge is 0.462 e. The number of rotatable bonds is 12. The number of likely N-dealkylation sites (N-methyl/N-ethyl adjacent to an activating group) is 1. The van der Waals surface area contributed by atoms with Gasteiger partial charge in [0.1, 0.15) is 42.7 Å². The van der Waals surface area contributed by atoms with Crippen LogP contribution < -0.4 is 0 Å². The predicted octanol–water partition coefficient (Wildman–Crippen LogP) is 1.24. The van der Waals surface area contributed by atoms with E-state index in [1.165, 1.54) is 27.2 Å². The van der Waals surface area contributed by atoms with Crippen molar-refractivity contribution >= 4 is 11.8 Å². The molecular weight excluding hydrogens is 826 g/mol. The summed E-state index contributed by atoms with van der Waals surface area (Å²) in [5.41, 5.74) is -0.796. The molecule has 4 heterocycles. The summed E-state index contributed by atoms with van der Waals surface area (Å²) in [6.45, 7) is 13.2. The van der Waals surface area contributed by atoms with Crippen LogP contribution in [-0.2, 0) is 52.2 Å². The van der Waals surface area contributed by atoms with Crippen LogP contribution in [0.3, 0.4) is 0 Å². The summed E-state index contributed by atoms with van der Waals surface area (Å²) in [6.07, 6.45) is -9.11. The third-order valence-electron chi connectivity index (χ3n) is 13.2. The molecule has 2 unspecified atom stereocenters. The molecule has 3 saturated heterocycles. The SMILES string of the molecule is CC[C@H]1OC(=O)C[C@H](O)C(C)[C@@H](O[C@@H]2O[C@H](C)[C@@H](O[C@H]3C[C@@](C)(O)[C@@H](O)[C@H](C)O3)[C@H](N(C)C)[C@H]2O)C(CO)C[C@@H](C)C(=O)/C=C/C(C)=C/[C@@H]1CO[C@@H]1O[C@H](C)[C@@H](O)[C@@H](OC)[C@H]1OC. The molecule has 18 nitrogen and oxygen atoms in total. The zero-order valence-corrected chi connectivity index (χ0v) is 39.1. The number of hydrogen-bond acceptors (Lipinski definition) is 18. The Morgan fingerprint density at radius 3 is 2.08 bits per heavy atom. The molecule has 0 aliphatic carbocycles. The topological polar surface area (TPSA) is 242 Å². The first-order chi connectivity index (χ1) is 29.6. The minimum Gasteiger partial charge on any atom is -0.462 e. The lowest BCUT2D eigenvalue weighted by molar-refractivity contribution is -0.342. The number of carbonyl (C=O) groups is 2. The molecule has 21 atom stereocenters. The molecule has 0 spiro atoms. The van der Waals surface area contributed by atoms with E-state index in [-0.39, 0.29) is 25.2 Å². The number of ether oxygens (including phenoxy) is 9. The van der Waals surface area contributed by atoms with E-state index < -0.39 is 146 Å². The molecule has 0 radical (unpaired) electrons. The van der Waals surface area contributed by atoms with Crippen LogP contribution in [0.15, 0.2) is 23.8 Å². The highest BCUT2D eigenvalue weighted by Crippen LogP contribution is 2.37. The highest BCUT2D eigenvalue weighted by molar-refractivity contribution is 5.91. The van der Waals surface area contributed by atoms with Crippen LogP contribution >= 0.6 is 0 Å². The molecule has 4 aliphatic rings. The van der Waals surface area contributed by atoms with Gasteiger partial charge in [0.2, 0.25) is 0 Å². The number of aliphatic hydroxyl groups is 6. The number of aliphatic hydroxyl groups excluding tert-OH is 5. The fourth-order valence-electron chi connectivity index (χ4n) is 9.33. The van der Waals surface area contributed by atoms with Gasteiger partial charge in [-0.05, 0) is 67.6 Å². The van der Waals surface area contributed by atoms with Crippen LogP contribution in [0.25, 0.3) is 0 Å². The number of nitrogens with zero attached hydrogens (tertiary/aromatic N) is 1. The lowest BCUT2D eigenvalue weighted by atomic mass is 9.81. The zero-order valence-electron chi connectivity index (χ0n) is 39.1. The first kappa shape index (κ1) is 53.6. The Hall–Kier alpha value is -1.98. The van der Waals surface area contributed by atoms with Crippen molar-refractivity contribution in [3.8, 4) is 0 Å². The normalized spacial score (nSPS) is 46.6. The maximum atomic E-state index is 13.7. The molecule has 0 saturated carbocycles. The monoisotopic (exact) mass is 904 g/mol. The smallest absolute Gasteiger partial charge is 0.308 e. The Bertz CT molecular complexity index is 1510. The van der Waals surface area contributed by atoms with E-state index in [0.717, 1.165) is 0 Å². The van der Waals surface area contributed by atoms with Gasteiger partial charge in [0.15, 0.2) is 24.7 Å². The van der Waals surface area contributed by atoms with E-state index in [1.54, 1.807) is 59.7 Å². The summed E-state index contributed by atoms with van der Waals surface area (Å²) < 4.78 is 54.5. The maximum absolute atomic E-state index is 13.7. The van der Waals surface area contributed by atoms with Crippen molar-refractivity contribution in [3.05, 3.63) is 23.8 Å². The van der Waals surface area contributed by atoms with Crippen LogP contribution in [0.1, 0.15) is 81.1 Å². The van der Waals surface area contributed by atoms with Gasteiger partial charge in [0.25, 0.3) is 0 Å². The highest BCUT2D eigenvalue weighted by Gasteiger charge is 2.52. The Morgan fingerprint density at radius 1 is 0.841 bits per heavy atom. The van der Waals surface area contributed by atoms with Crippen molar-refractivity contribution in [2.75, 3.05) is 41.5 Å². The second kappa shape index (κ2) is 23.7. The minimum atomic E-state index is -1.48. The number of ketones is 1. The highest BCUT2D eigenvalue weighted by atomic mass is 16.7. The van der Waals surface area contributed by atoms with Crippen molar-refractivity contribution in [1.29, 1.82) is 0 Å². The van der Waals surface area contributed by atoms with Crippen molar-refractivity contribution < 1.29 is 82.9 Å². The first-order valence-corrected chi connectivity index (χ1v) is 22.3. The van der Waals surface area contributed by atoms with Gasteiger partial charge in [-0.15, -0.1) is 0 Å². The predicted molar refractivity (Wildman–Crippen MR) is 227 cm³/mol. The lowest BCUT2D eigenvalue weighted by Crippen LogP contribution is -2.65. The number of hydrogen-bond donors (Lipinski definition) is 6. The van der Waals surface area contributed by atoms with Gasteiger partial charge in [-0.25, -0.2) is 0 Å². The fraction of sp³-hybridized carbons (Fsp3) is 0.867. The molecule has 0 amide bonds. The van der Waals surface area contributed by atoms with Crippen molar-refractivity contribution in [2.45, 2.75) is 185 Å². The third-order valence-corrected chi connectivity index (χ3v) is 13.2. The van der Waals surface area contributed by atoms with E-state index in [0.29, 0.717) is 12.0 Å². The van der Waals surface area contributed by atoms with Crippen LogP contribution in [0.4, 0.5) is 0 Å². The average molecular weight is 904 g/mol. The summed E-state index contributed by atoms with van der Waals surface area (Å²) in [5, 5.41) is 66.5. The molecule has 3 fully saturated rings. The van der Waals surface area contributed by atoms with E-state index >= 15 is 0 Å². The van der Waals surface area contributed by atoms with Crippen LogP contribution in [-0.4, -0.2) is 193 Å². The van der Waals surface area contributed by atoms with Gasteiger partial charge < -0.3 is 78.2 Å². The zero-order chi connectivity index (χ0) is 47.1. The van der Waals surface area contributed by atoms with E-state index in [1.807, 2.05) is 19.9 Å². The Morgan fingerprint density at radius 2 is 1.49 bits per heavy atom. The second-order valence-electron chi connectivity index (χ2n) is 18.5. The lowest BCUT2D eigenvalue weighted by Gasteiger charge is -2.50. The van der Waals surface area contributed by atoms with E-state index in [4.69, 9.17) is 42.6 Å². The molecular formula is C45H77NO17. The molecule has 0 aromatic rings. The number of allylic oxidation sites excluding steroid dienone is 3. The summed E-state index contributed by atoms with van der Waals surface area (Å²) in [4.78, 5) is 29.1. The summed E-state index contributed by atoms with van der Waals surface area (Å²) in [6, 6.07) is -0.741.